The van der Waals surface area contributed by atoms with Gasteiger partial charge in [0.15, 0.2) is 0 Å². The maximum Gasteiger partial charge on any atom is 0.306 e. The van der Waals surface area contributed by atoms with Crippen LogP contribution in [-0.2, 0) is 4.79 Å². The summed E-state index contributed by atoms with van der Waals surface area (Å²) in [6, 6.07) is 0.504. The maximum absolute atomic E-state index is 10.7. The van der Waals surface area contributed by atoms with E-state index < -0.39 is 5.97 Å². The van der Waals surface area contributed by atoms with Gasteiger partial charge >= 0.3 is 5.97 Å². The van der Waals surface area contributed by atoms with Crippen molar-refractivity contribution >= 4 is 5.97 Å². The monoisotopic (exact) mass is 185 g/mol. The zero-order valence-electron chi connectivity index (χ0n) is 8.42. The number of carbonyl (C=O) groups is 1. The minimum Gasteiger partial charge on any atom is -0.481 e. The molecule has 3 heteroatoms. The third-order valence-corrected chi connectivity index (χ3v) is 2.71. The predicted octanol–water partition coefficient (Wildman–Crippen LogP) is 1.49. The molecule has 0 amide bonds. The average Bonchev–Trinajstić information content (AvgIpc) is 2.48. The standard InChI is InChI=1S/C10H19NO2/c1-7(2)11-6-8-3-4-9(5-8)10(12)13/h7-9,11H,3-6H2,1-2H3,(H,12,13). The van der Waals surface area contributed by atoms with E-state index in [-0.39, 0.29) is 5.92 Å². The second-order valence-electron chi connectivity index (χ2n) is 4.28. The predicted molar refractivity (Wildman–Crippen MR) is 51.6 cm³/mol. The lowest BCUT2D eigenvalue weighted by Crippen LogP contribution is -2.28. The molecule has 0 bridgehead atoms. The molecule has 0 heterocycles. The molecule has 0 aromatic rings. The highest BCUT2D eigenvalue weighted by atomic mass is 16.4. The smallest absolute Gasteiger partial charge is 0.306 e. The van der Waals surface area contributed by atoms with Crippen molar-refractivity contribution in [2.24, 2.45) is 11.8 Å². The summed E-state index contributed by atoms with van der Waals surface area (Å²) in [5, 5.41) is 12.1. The van der Waals surface area contributed by atoms with E-state index in [0.717, 1.165) is 25.8 Å². The lowest BCUT2D eigenvalue weighted by Gasteiger charge is -2.13. The largest absolute Gasteiger partial charge is 0.481 e. The van der Waals surface area contributed by atoms with Crippen molar-refractivity contribution in [1.29, 1.82) is 0 Å². The third-order valence-electron chi connectivity index (χ3n) is 2.71. The number of carboxylic acid groups (broad SMARTS) is 1. The van der Waals surface area contributed by atoms with Crippen LogP contribution in [0.4, 0.5) is 0 Å². The topological polar surface area (TPSA) is 49.3 Å². The Labute approximate surface area is 79.5 Å². The van der Waals surface area contributed by atoms with Crippen molar-refractivity contribution in [3.63, 3.8) is 0 Å². The molecule has 0 aliphatic heterocycles. The van der Waals surface area contributed by atoms with Crippen molar-refractivity contribution in [2.45, 2.75) is 39.2 Å². The molecule has 0 aromatic heterocycles. The zero-order chi connectivity index (χ0) is 9.84. The number of aliphatic carboxylic acids is 1. The Kier molecular flexibility index (Phi) is 3.72. The molecule has 0 aromatic carbocycles. The summed E-state index contributed by atoms with van der Waals surface area (Å²) in [5.74, 6) is -0.130. The van der Waals surface area contributed by atoms with Crippen molar-refractivity contribution < 1.29 is 9.90 Å². The Morgan fingerprint density at radius 2 is 2.23 bits per heavy atom. The van der Waals surface area contributed by atoms with Crippen LogP contribution in [0.1, 0.15) is 33.1 Å². The fourth-order valence-electron chi connectivity index (χ4n) is 1.89. The molecule has 1 fully saturated rings. The third kappa shape index (κ3) is 3.35. The van der Waals surface area contributed by atoms with Crippen molar-refractivity contribution in [3.05, 3.63) is 0 Å². The number of rotatable bonds is 4. The lowest BCUT2D eigenvalue weighted by atomic mass is 10.1. The van der Waals surface area contributed by atoms with E-state index in [4.69, 9.17) is 5.11 Å². The molecule has 0 spiro atoms. The summed E-state index contributed by atoms with van der Waals surface area (Å²) in [6.07, 6.45) is 2.78. The van der Waals surface area contributed by atoms with Gasteiger partial charge in [0.25, 0.3) is 0 Å². The highest BCUT2D eigenvalue weighted by Gasteiger charge is 2.29. The van der Waals surface area contributed by atoms with Crippen molar-refractivity contribution in [1.82, 2.24) is 5.32 Å². The SMILES string of the molecule is CC(C)NCC1CCC(C(=O)O)C1. The van der Waals surface area contributed by atoms with Crippen molar-refractivity contribution in [2.75, 3.05) is 6.54 Å². The van der Waals surface area contributed by atoms with Crippen LogP contribution >= 0.6 is 0 Å². The molecule has 2 N–H and O–H groups in total. The first-order chi connectivity index (χ1) is 6.09. The van der Waals surface area contributed by atoms with Gasteiger partial charge in [-0.05, 0) is 31.7 Å². The van der Waals surface area contributed by atoms with Gasteiger partial charge in [0.05, 0.1) is 5.92 Å². The highest BCUT2D eigenvalue weighted by molar-refractivity contribution is 5.70. The van der Waals surface area contributed by atoms with Gasteiger partial charge < -0.3 is 10.4 Å². The van der Waals surface area contributed by atoms with Crippen LogP contribution in [0.15, 0.2) is 0 Å². The molecular weight excluding hydrogens is 166 g/mol. The normalized spacial score (nSPS) is 28.2. The van der Waals surface area contributed by atoms with Crippen LogP contribution in [0, 0.1) is 11.8 Å². The molecule has 0 radical (unpaired) electrons. The Hall–Kier alpha value is -0.570. The van der Waals surface area contributed by atoms with E-state index in [2.05, 4.69) is 19.2 Å². The summed E-state index contributed by atoms with van der Waals surface area (Å²) in [4.78, 5) is 10.7. The second kappa shape index (κ2) is 4.61. The number of hydrogen-bond acceptors (Lipinski definition) is 2. The Morgan fingerprint density at radius 3 is 2.69 bits per heavy atom. The summed E-state index contributed by atoms with van der Waals surface area (Å²) >= 11 is 0. The number of carboxylic acids is 1. The molecule has 1 rings (SSSR count). The molecule has 1 aliphatic rings. The minimum absolute atomic E-state index is 0.0843. The first-order valence-corrected chi connectivity index (χ1v) is 5.05. The van der Waals surface area contributed by atoms with E-state index in [1.54, 1.807) is 0 Å². The molecular formula is C10H19NO2. The molecule has 0 saturated heterocycles. The summed E-state index contributed by atoms with van der Waals surface area (Å²) in [5.41, 5.74) is 0. The summed E-state index contributed by atoms with van der Waals surface area (Å²) in [7, 11) is 0. The van der Waals surface area contributed by atoms with Gasteiger partial charge in [0.1, 0.15) is 0 Å². The molecule has 3 nitrogen and oxygen atoms in total. The van der Waals surface area contributed by atoms with Gasteiger partial charge in [-0.25, -0.2) is 0 Å². The van der Waals surface area contributed by atoms with Crippen LogP contribution in [-0.4, -0.2) is 23.7 Å². The highest BCUT2D eigenvalue weighted by Crippen LogP contribution is 2.30. The van der Waals surface area contributed by atoms with E-state index in [9.17, 15) is 4.79 Å². The quantitative estimate of drug-likeness (QED) is 0.697. The fourth-order valence-corrected chi connectivity index (χ4v) is 1.89. The van der Waals surface area contributed by atoms with Gasteiger partial charge in [0, 0.05) is 6.04 Å². The molecule has 1 aliphatic carbocycles. The fraction of sp³-hybridized carbons (Fsp3) is 0.900. The lowest BCUT2D eigenvalue weighted by molar-refractivity contribution is -0.141. The number of hydrogen-bond donors (Lipinski definition) is 2. The number of nitrogens with one attached hydrogen (secondary N) is 1. The Bertz CT molecular complexity index is 180. The van der Waals surface area contributed by atoms with E-state index >= 15 is 0 Å². The van der Waals surface area contributed by atoms with Crippen LogP contribution in [0.3, 0.4) is 0 Å². The zero-order valence-corrected chi connectivity index (χ0v) is 8.42. The van der Waals surface area contributed by atoms with Gasteiger partial charge in [-0.3, -0.25) is 4.79 Å². The molecule has 76 valence electrons. The Balaban J connectivity index is 2.21. The van der Waals surface area contributed by atoms with E-state index in [1.807, 2.05) is 0 Å². The van der Waals surface area contributed by atoms with Crippen LogP contribution in [0.5, 0.6) is 0 Å². The summed E-state index contributed by atoms with van der Waals surface area (Å²) in [6.45, 7) is 5.20. The molecule has 2 unspecified atom stereocenters. The minimum atomic E-state index is -0.618. The summed E-state index contributed by atoms with van der Waals surface area (Å²) < 4.78 is 0. The first-order valence-electron chi connectivity index (χ1n) is 5.05. The molecule has 2 atom stereocenters. The van der Waals surface area contributed by atoms with Crippen molar-refractivity contribution in [3.8, 4) is 0 Å². The van der Waals surface area contributed by atoms with Crippen LogP contribution in [0.2, 0.25) is 0 Å². The van der Waals surface area contributed by atoms with Gasteiger partial charge in [-0.1, -0.05) is 13.8 Å². The van der Waals surface area contributed by atoms with Gasteiger partial charge in [-0.15, -0.1) is 0 Å². The average molecular weight is 185 g/mol. The molecule has 13 heavy (non-hydrogen) atoms. The second-order valence-corrected chi connectivity index (χ2v) is 4.28. The maximum atomic E-state index is 10.7. The van der Waals surface area contributed by atoms with E-state index in [0.29, 0.717) is 12.0 Å². The Morgan fingerprint density at radius 1 is 1.54 bits per heavy atom. The van der Waals surface area contributed by atoms with Gasteiger partial charge in [0.2, 0.25) is 0 Å². The van der Waals surface area contributed by atoms with Crippen LogP contribution < -0.4 is 5.32 Å². The van der Waals surface area contributed by atoms with Crippen LogP contribution in [0.25, 0.3) is 0 Å². The molecule has 1 saturated carbocycles. The first kappa shape index (κ1) is 10.5. The van der Waals surface area contributed by atoms with E-state index in [1.165, 1.54) is 0 Å². The van der Waals surface area contributed by atoms with Gasteiger partial charge in [-0.2, -0.15) is 0 Å².